The average molecular weight is 240 g/mol. The van der Waals surface area contributed by atoms with E-state index in [2.05, 4.69) is 60.7 Å². The van der Waals surface area contributed by atoms with Crippen molar-refractivity contribution in [2.24, 2.45) is 0 Å². The smallest absolute Gasteiger partial charge is 0.00822 e. The van der Waals surface area contributed by atoms with Gasteiger partial charge in [-0.15, -0.1) is 8.58 Å². The highest BCUT2D eigenvalue weighted by molar-refractivity contribution is 7.48. The van der Waals surface area contributed by atoms with Gasteiger partial charge in [0.05, 0.1) is 0 Å². The third kappa shape index (κ3) is 2.76. The van der Waals surface area contributed by atoms with Crippen molar-refractivity contribution in [3.63, 3.8) is 0 Å². The molecule has 1 aliphatic heterocycles. The van der Waals surface area contributed by atoms with Gasteiger partial charge in [0.1, 0.15) is 0 Å². The molecule has 0 nitrogen and oxygen atoms in total. The van der Waals surface area contributed by atoms with E-state index in [1.807, 2.05) is 0 Å². The molecule has 0 bridgehead atoms. The molecule has 0 spiro atoms. The molecule has 0 aliphatic carbocycles. The lowest BCUT2D eigenvalue weighted by atomic mass is 10.0. The zero-order chi connectivity index (χ0) is 11.5. The third-order valence-electron chi connectivity index (χ3n) is 3.43. The molecule has 2 aromatic rings. The van der Waals surface area contributed by atoms with E-state index in [9.17, 15) is 0 Å². The number of benzene rings is 2. The number of aryl methyl sites for hydroxylation is 1. The Balaban J connectivity index is 1.53. The Morgan fingerprint density at radius 3 is 2.18 bits per heavy atom. The summed E-state index contributed by atoms with van der Waals surface area (Å²) >= 11 is 0. The van der Waals surface area contributed by atoms with Crippen molar-refractivity contribution in [1.82, 2.24) is 0 Å². The zero-order valence-electron chi connectivity index (χ0n) is 9.84. The Morgan fingerprint density at radius 1 is 0.824 bits per heavy atom. The van der Waals surface area contributed by atoms with Crippen LogP contribution in [0.2, 0.25) is 0 Å². The summed E-state index contributed by atoms with van der Waals surface area (Å²) in [6, 6.07) is 21.8. The van der Waals surface area contributed by atoms with Crippen molar-refractivity contribution in [2.75, 3.05) is 0 Å². The normalized spacial score (nSPS) is 23.8. The molecule has 86 valence electrons. The van der Waals surface area contributed by atoms with Gasteiger partial charge in [-0.25, -0.2) is 0 Å². The summed E-state index contributed by atoms with van der Waals surface area (Å²) in [6.45, 7) is 0. The van der Waals surface area contributed by atoms with Crippen LogP contribution < -0.4 is 0 Å². The molecular formula is C16H17P. The Labute approximate surface area is 105 Å². The Kier molecular flexibility index (Phi) is 3.25. The molecule has 3 atom stereocenters. The maximum atomic E-state index is 2.28. The van der Waals surface area contributed by atoms with Crippen molar-refractivity contribution in [1.29, 1.82) is 0 Å². The van der Waals surface area contributed by atoms with Crippen molar-refractivity contribution in [3.8, 4) is 0 Å². The van der Waals surface area contributed by atoms with E-state index < -0.39 is 0 Å². The Hall–Kier alpha value is -1.13. The first kappa shape index (κ1) is 11.0. The van der Waals surface area contributed by atoms with E-state index >= 15 is 0 Å². The van der Waals surface area contributed by atoms with Gasteiger partial charge in [0.2, 0.25) is 0 Å². The summed E-state index contributed by atoms with van der Waals surface area (Å²) in [7, 11) is 1.14. The molecule has 2 aromatic carbocycles. The van der Waals surface area contributed by atoms with Crippen LogP contribution in [0, 0.1) is 0 Å². The van der Waals surface area contributed by atoms with Crippen LogP contribution in [0.4, 0.5) is 0 Å². The Bertz CT molecular complexity index is 463. The summed E-state index contributed by atoms with van der Waals surface area (Å²) in [4.78, 5) is 0. The molecule has 1 heterocycles. The lowest BCUT2D eigenvalue weighted by Gasteiger charge is -2.01. The van der Waals surface area contributed by atoms with Crippen LogP contribution in [0.1, 0.15) is 23.2 Å². The largest absolute Gasteiger partial charge is 0.110 e. The van der Waals surface area contributed by atoms with Gasteiger partial charge in [0.25, 0.3) is 0 Å². The van der Waals surface area contributed by atoms with Gasteiger partial charge in [0.15, 0.2) is 0 Å². The molecule has 1 fully saturated rings. The summed E-state index contributed by atoms with van der Waals surface area (Å²) < 4.78 is 0. The monoisotopic (exact) mass is 240 g/mol. The highest BCUT2D eigenvalue weighted by Gasteiger charge is 2.37. The average Bonchev–Trinajstić information content (AvgIpc) is 3.18. The quantitative estimate of drug-likeness (QED) is 0.694. The van der Waals surface area contributed by atoms with Crippen molar-refractivity contribution in [2.45, 2.75) is 24.2 Å². The standard InChI is InChI=1S/C16H17P/c1-3-7-13(8-4-1)11-12-15-16(17-15)14-9-5-2-6-10-14/h1-10,15-17H,11-12H2. The molecule has 0 aromatic heterocycles. The third-order valence-corrected chi connectivity index (χ3v) is 5.19. The maximum absolute atomic E-state index is 2.28. The van der Waals surface area contributed by atoms with Crippen molar-refractivity contribution < 1.29 is 0 Å². The van der Waals surface area contributed by atoms with E-state index in [4.69, 9.17) is 0 Å². The SMILES string of the molecule is c1ccc(CCC2PC2c2ccccc2)cc1. The van der Waals surface area contributed by atoms with E-state index in [1.54, 1.807) is 5.56 Å². The van der Waals surface area contributed by atoms with Gasteiger partial charge in [0, 0.05) is 5.66 Å². The van der Waals surface area contributed by atoms with Gasteiger partial charge < -0.3 is 0 Å². The molecule has 1 heteroatoms. The highest BCUT2D eigenvalue weighted by Crippen LogP contribution is 2.63. The van der Waals surface area contributed by atoms with Gasteiger partial charge in [-0.2, -0.15) is 0 Å². The molecular weight excluding hydrogens is 223 g/mol. The number of hydrogen-bond acceptors (Lipinski definition) is 0. The second-order valence-corrected chi connectivity index (χ2v) is 6.38. The lowest BCUT2D eigenvalue weighted by Crippen LogP contribution is -1.92. The number of hydrogen-bond donors (Lipinski definition) is 0. The van der Waals surface area contributed by atoms with Crippen LogP contribution in [0.5, 0.6) is 0 Å². The molecule has 0 radical (unpaired) electrons. The maximum Gasteiger partial charge on any atom is 0.00822 e. The lowest BCUT2D eigenvalue weighted by molar-refractivity contribution is 0.805. The topological polar surface area (TPSA) is 0 Å². The minimum atomic E-state index is 0.861. The zero-order valence-corrected chi connectivity index (χ0v) is 10.8. The van der Waals surface area contributed by atoms with E-state index in [0.717, 1.165) is 19.9 Å². The fourth-order valence-electron chi connectivity index (χ4n) is 2.38. The van der Waals surface area contributed by atoms with E-state index in [1.165, 1.54) is 18.4 Å². The predicted molar refractivity (Wildman–Crippen MR) is 76.0 cm³/mol. The summed E-state index contributed by atoms with van der Waals surface area (Å²) in [5, 5.41) is 0. The number of rotatable bonds is 4. The first-order valence-electron chi connectivity index (χ1n) is 6.28. The minimum Gasteiger partial charge on any atom is -0.110 e. The molecule has 0 amide bonds. The van der Waals surface area contributed by atoms with Gasteiger partial charge in [-0.1, -0.05) is 60.7 Å². The molecule has 0 saturated carbocycles. The molecule has 1 saturated heterocycles. The van der Waals surface area contributed by atoms with E-state index in [0.29, 0.717) is 0 Å². The summed E-state index contributed by atoms with van der Waals surface area (Å²) in [6.07, 6.45) is 2.59. The predicted octanol–water partition coefficient (Wildman–Crippen LogP) is 4.42. The van der Waals surface area contributed by atoms with Crippen LogP contribution in [0.25, 0.3) is 0 Å². The van der Waals surface area contributed by atoms with Crippen molar-refractivity contribution in [3.05, 3.63) is 71.8 Å². The van der Waals surface area contributed by atoms with Crippen molar-refractivity contribution >= 4 is 8.58 Å². The second-order valence-electron chi connectivity index (χ2n) is 4.69. The Morgan fingerprint density at radius 2 is 1.47 bits per heavy atom. The minimum absolute atomic E-state index is 0.861. The highest BCUT2D eigenvalue weighted by atomic mass is 31.1. The van der Waals surface area contributed by atoms with E-state index in [-0.39, 0.29) is 0 Å². The molecule has 1 aliphatic rings. The first-order chi connectivity index (χ1) is 8.43. The summed E-state index contributed by atoms with van der Waals surface area (Å²) in [5.74, 6) is 0. The second kappa shape index (κ2) is 5.02. The fraction of sp³-hybridized carbons (Fsp3) is 0.250. The van der Waals surface area contributed by atoms with Crippen LogP contribution in [-0.2, 0) is 6.42 Å². The van der Waals surface area contributed by atoms with Crippen LogP contribution in [0.15, 0.2) is 60.7 Å². The molecule has 3 unspecified atom stereocenters. The van der Waals surface area contributed by atoms with Crippen LogP contribution >= 0.6 is 8.58 Å². The summed E-state index contributed by atoms with van der Waals surface area (Å²) in [5.41, 5.74) is 4.83. The van der Waals surface area contributed by atoms with Gasteiger partial charge in [-0.3, -0.25) is 0 Å². The molecule has 3 rings (SSSR count). The fourth-order valence-corrected chi connectivity index (χ4v) is 3.79. The molecule has 0 N–H and O–H groups in total. The van der Waals surface area contributed by atoms with Gasteiger partial charge in [-0.05, 0) is 29.6 Å². The van der Waals surface area contributed by atoms with Crippen LogP contribution in [-0.4, -0.2) is 5.66 Å². The van der Waals surface area contributed by atoms with Gasteiger partial charge >= 0.3 is 0 Å². The van der Waals surface area contributed by atoms with Crippen LogP contribution in [0.3, 0.4) is 0 Å². The first-order valence-corrected chi connectivity index (χ1v) is 7.44. The molecule has 17 heavy (non-hydrogen) atoms.